The lowest BCUT2D eigenvalue weighted by Crippen LogP contribution is -2.53. The number of benzene rings is 1. The van der Waals surface area contributed by atoms with Crippen molar-refractivity contribution in [3.8, 4) is 6.07 Å². The predicted octanol–water partition coefficient (Wildman–Crippen LogP) is 6.14. The maximum atomic E-state index is 15.3. The maximum absolute atomic E-state index is 15.3. The Balaban J connectivity index is 2.12. The predicted molar refractivity (Wildman–Crippen MR) is 148 cm³/mol. The van der Waals surface area contributed by atoms with Crippen LogP contribution in [0.4, 0.5) is 28.4 Å². The molecule has 0 fully saturated rings. The number of amides is 3. The molecule has 0 bridgehead atoms. The molecule has 14 heteroatoms. The van der Waals surface area contributed by atoms with Crippen LogP contribution in [-0.2, 0) is 19.7 Å². The highest BCUT2D eigenvalue weighted by Crippen LogP contribution is 2.43. The molecule has 0 saturated heterocycles. The maximum Gasteiger partial charge on any atom is 0.428 e. The van der Waals surface area contributed by atoms with Gasteiger partial charge in [-0.05, 0) is 78.8 Å². The molecule has 0 saturated carbocycles. The Labute approximate surface area is 246 Å². The third-order valence-electron chi connectivity index (χ3n) is 5.72. The molecule has 0 spiro atoms. The lowest BCUT2D eigenvalue weighted by molar-refractivity contribution is -0.0144. The quantitative estimate of drug-likeness (QED) is 0.439. The Kier molecular flexibility index (Phi) is 9.38. The first-order valence-corrected chi connectivity index (χ1v) is 13.1. The minimum atomic E-state index is -3.37. The summed E-state index contributed by atoms with van der Waals surface area (Å²) >= 11 is 0. The monoisotopic (exact) mass is 603 g/mol. The van der Waals surface area contributed by atoms with Gasteiger partial charge in [-0.15, -0.1) is 4.90 Å². The van der Waals surface area contributed by atoms with E-state index in [0.29, 0.717) is 0 Å². The number of pyridine rings is 1. The molecule has 230 valence electrons. The third kappa shape index (κ3) is 8.00. The van der Waals surface area contributed by atoms with Crippen LogP contribution in [0.3, 0.4) is 0 Å². The van der Waals surface area contributed by atoms with Gasteiger partial charge in [-0.2, -0.15) is 5.26 Å². The van der Waals surface area contributed by atoms with Crippen molar-refractivity contribution in [2.45, 2.75) is 84.2 Å². The van der Waals surface area contributed by atoms with E-state index in [1.165, 1.54) is 66.8 Å². The van der Waals surface area contributed by atoms with E-state index in [0.717, 1.165) is 18.2 Å². The first kappa shape index (κ1) is 32.8. The van der Waals surface area contributed by atoms with Crippen LogP contribution in [0, 0.1) is 17.1 Å². The van der Waals surface area contributed by atoms with Crippen molar-refractivity contribution in [2.75, 3.05) is 5.32 Å². The molecule has 2 atom stereocenters. The fraction of sp³-hybridized carbons (Fsp3) is 0.448. The molecule has 0 aliphatic carbocycles. The summed E-state index contributed by atoms with van der Waals surface area (Å²) in [6.07, 6.45) is -6.47. The summed E-state index contributed by atoms with van der Waals surface area (Å²) in [6, 6.07) is 6.65. The van der Waals surface area contributed by atoms with Gasteiger partial charge in [0, 0.05) is 23.9 Å². The van der Waals surface area contributed by atoms with Gasteiger partial charge in [-0.25, -0.2) is 32.7 Å². The van der Waals surface area contributed by atoms with Gasteiger partial charge in [0.05, 0.1) is 5.56 Å². The average molecular weight is 604 g/mol. The molecular weight excluding hydrogens is 571 g/mol. The average Bonchev–Trinajstić information content (AvgIpc) is 2.87. The van der Waals surface area contributed by atoms with Gasteiger partial charge >= 0.3 is 18.2 Å². The number of carbonyl (C=O) groups is 3. The second-order valence-corrected chi connectivity index (χ2v) is 11.7. The van der Waals surface area contributed by atoms with Crippen molar-refractivity contribution >= 4 is 29.8 Å². The van der Waals surface area contributed by atoms with Crippen LogP contribution in [0.2, 0.25) is 0 Å². The van der Waals surface area contributed by atoms with Crippen molar-refractivity contribution in [2.24, 2.45) is 4.99 Å². The number of aromatic nitrogens is 1. The molecule has 1 aromatic heterocycles. The normalized spacial score (nSPS) is 18.6. The lowest BCUT2D eigenvalue weighted by Gasteiger charge is -2.39. The summed E-state index contributed by atoms with van der Waals surface area (Å²) in [5, 5.41) is 11.4. The number of hydrogen-bond donors (Lipinski definition) is 1. The van der Waals surface area contributed by atoms with Gasteiger partial charge in [0.25, 0.3) is 12.3 Å². The molecule has 43 heavy (non-hydrogen) atoms. The number of hydrogen-bond acceptors (Lipinski definition) is 9. The smallest absolute Gasteiger partial charge is 0.428 e. The highest BCUT2D eigenvalue weighted by atomic mass is 19.3. The van der Waals surface area contributed by atoms with Gasteiger partial charge < -0.3 is 19.5 Å². The minimum absolute atomic E-state index is 0.0698. The fourth-order valence-corrected chi connectivity index (χ4v) is 4.00. The van der Waals surface area contributed by atoms with Crippen LogP contribution >= 0.6 is 0 Å². The summed E-state index contributed by atoms with van der Waals surface area (Å²) < 4.78 is 61.5. The molecule has 3 amide bonds. The van der Waals surface area contributed by atoms with E-state index >= 15 is 13.2 Å². The second-order valence-electron chi connectivity index (χ2n) is 11.7. The number of ether oxygens (including phenoxy) is 3. The highest BCUT2D eigenvalue weighted by Gasteiger charge is 2.51. The molecule has 0 radical (unpaired) electrons. The Morgan fingerprint density at radius 3 is 2.19 bits per heavy atom. The number of anilines is 1. The topological polar surface area (TPSA) is 143 Å². The van der Waals surface area contributed by atoms with Crippen molar-refractivity contribution in [1.29, 1.82) is 5.26 Å². The molecule has 1 N–H and O–H groups in total. The summed E-state index contributed by atoms with van der Waals surface area (Å²) in [7, 11) is 0. The fourth-order valence-electron chi connectivity index (χ4n) is 4.00. The number of amidine groups is 1. The van der Waals surface area contributed by atoms with Crippen LogP contribution in [0.5, 0.6) is 0 Å². The highest BCUT2D eigenvalue weighted by molar-refractivity contribution is 6.06. The number of imide groups is 1. The molecule has 1 aromatic carbocycles. The molecule has 2 aromatic rings. The third-order valence-corrected chi connectivity index (χ3v) is 5.72. The zero-order valence-electron chi connectivity index (χ0n) is 24.7. The number of nitriles is 1. The first-order valence-electron chi connectivity index (χ1n) is 13.1. The van der Waals surface area contributed by atoms with Crippen LogP contribution in [-0.4, -0.2) is 57.7 Å². The van der Waals surface area contributed by atoms with Gasteiger partial charge in [-0.3, -0.25) is 4.79 Å². The minimum Gasteiger partial charge on any atom is -0.461 e. The zero-order chi connectivity index (χ0) is 32.3. The van der Waals surface area contributed by atoms with Crippen molar-refractivity contribution in [3.05, 3.63) is 59.2 Å². The largest absolute Gasteiger partial charge is 0.461 e. The molecular formula is C29H32F3N5O6. The van der Waals surface area contributed by atoms with Gasteiger partial charge in [0.15, 0.2) is 5.54 Å². The number of carbonyl (C=O) groups excluding carboxylic acids is 3. The Bertz CT molecular complexity index is 1430. The SMILES string of the molecule is C[C@@H]1C[C@](c2cc(NC(=O)c3ccc(C#N)cn3)ccc2F)(C(F)F)N=C(N(C(=O)OC(C)(C)C)C(=O)OC(C)(C)C)O1. The van der Waals surface area contributed by atoms with Gasteiger partial charge in [0.1, 0.15) is 34.9 Å². The Hall–Kier alpha value is -4.67. The van der Waals surface area contributed by atoms with E-state index in [1.807, 2.05) is 6.07 Å². The summed E-state index contributed by atoms with van der Waals surface area (Å²) in [5.74, 6) is -1.84. The van der Waals surface area contributed by atoms with E-state index in [-0.39, 0.29) is 21.8 Å². The number of rotatable bonds is 4. The van der Waals surface area contributed by atoms with Gasteiger partial charge in [-0.1, -0.05) is 0 Å². The number of alkyl halides is 2. The van der Waals surface area contributed by atoms with Crippen LogP contribution in [0.1, 0.15) is 76.5 Å². The molecule has 1 aliphatic rings. The first-order chi connectivity index (χ1) is 19.8. The summed E-state index contributed by atoms with van der Waals surface area (Å²) in [5.41, 5.74) is -5.45. The van der Waals surface area contributed by atoms with E-state index in [9.17, 15) is 14.4 Å². The second kappa shape index (κ2) is 12.3. The lowest BCUT2D eigenvalue weighted by atomic mass is 9.84. The van der Waals surface area contributed by atoms with Crippen molar-refractivity contribution in [1.82, 2.24) is 9.88 Å². The summed E-state index contributed by atoms with van der Waals surface area (Å²) in [6.45, 7) is 10.5. The van der Waals surface area contributed by atoms with Crippen LogP contribution < -0.4 is 5.32 Å². The van der Waals surface area contributed by atoms with Crippen LogP contribution in [0.15, 0.2) is 41.5 Å². The number of aliphatic imine (C=N–C) groups is 1. The molecule has 2 heterocycles. The van der Waals surface area contributed by atoms with E-state index in [4.69, 9.17) is 19.5 Å². The Morgan fingerprint density at radius 1 is 1.09 bits per heavy atom. The van der Waals surface area contributed by atoms with E-state index in [2.05, 4.69) is 15.3 Å². The zero-order valence-corrected chi connectivity index (χ0v) is 24.7. The number of nitrogens with one attached hydrogen (secondary N) is 1. The summed E-state index contributed by atoms with van der Waals surface area (Å²) in [4.78, 5) is 47.1. The molecule has 0 unspecified atom stereocenters. The van der Waals surface area contributed by atoms with E-state index < -0.39 is 71.2 Å². The van der Waals surface area contributed by atoms with Crippen molar-refractivity contribution < 1.29 is 41.8 Å². The number of nitrogens with zero attached hydrogens (tertiary/aromatic N) is 4. The van der Waals surface area contributed by atoms with E-state index in [1.54, 1.807) is 0 Å². The Morgan fingerprint density at radius 2 is 1.70 bits per heavy atom. The number of halogens is 3. The van der Waals surface area contributed by atoms with Crippen molar-refractivity contribution in [3.63, 3.8) is 0 Å². The van der Waals surface area contributed by atoms with Crippen LogP contribution in [0.25, 0.3) is 0 Å². The molecule has 3 rings (SSSR count). The molecule has 1 aliphatic heterocycles. The van der Waals surface area contributed by atoms with Gasteiger partial charge in [0.2, 0.25) is 0 Å². The molecule has 11 nitrogen and oxygen atoms in total. The standard InChI is InChI=1S/C29H32F3N5O6/c1-16-13-29(23(31)32,36-24(41-16)37(25(39)42-27(2,3)4)26(40)43-28(5,6)7)19-12-18(9-10-20(19)30)35-22(38)21-11-8-17(14-33)15-34-21/h8-12,15-16,23H,13H2,1-7H3,(H,35,38)/t16-,29+/m1/s1.